The van der Waals surface area contributed by atoms with Crippen LogP contribution < -0.4 is 0 Å². The van der Waals surface area contributed by atoms with E-state index < -0.39 is 0 Å². The Morgan fingerprint density at radius 3 is 2.64 bits per heavy atom. The fourth-order valence-corrected chi connectivity index (χ4v) is 3.38. The maximum atomic E-state index is 6.36. The number of fused-ring (bicyclic) bond motifs is 3. The van der Waals surface area contributed by atoms with E-state index in [1.807, 2.05) is 26.8 Å². The molecule has 0 fully saturated rings. The van der Waals surface area contributed by atoms with Crippen molar-refractivity contribution >= 4 is 33.4 Å². The van der Waals surface area contributed by atoms with E-state index in [-0.39, 0.29) is 0 Å². The zero-order valence-corrected chi connectivity index (χ0v) is 13.2. The first kappa shape index (κ1) is 13.3. The van der Waals surface area contributed by atoms with Crippen LogP contribution in [-0.2, 0) is 0 Å². The van der Waals surface area contributed by atoms with Gasteiger partial charge in [-0.05, 0) is 44.5 Å². The lowest BCUT2D eigenvalue weighted by atomic mass is 10.0. The number of hydrogen-bond donors (Lipinski definition) is 1. The summed E-state index contributed by atoms with van der Waals surface area (Å²) in [5, 5.41) is 6.57. The molecule has 0 saturated carbocycles. The van der Waals surface area contributed by atoms with Crippen LogP contribution in [0, 0.1) is 20.8 Å². The minimum Gasteiger partial charge on any atom is -0.361 e. The molecule has 4 rings (SSSR count). The number of rotatable bonds is 1. The molecule has 1 N–H and O–H groups in total. The Kier molecular flexibility index (Phi) is 2.78. The van der Waals surface area contributed by atoms with Crippen molar-refractivity contribution in [3.05, 3.63) is 46.6 Å². The molecule has 0 bridgehead atoms. The number of nitrogens with one attached hydrogen (secondary N) is 1. The van der Waals surface area contributed by atoms with Gasteiger partial charge in [-0.25, -0.2) is 4.98 Å². The van der Waals surface area contributed by atoms with Crippen LogP contribution >= 0.6 is 11.6 Å². The summed E-state index contributed by atoms with van der Waals surface area (Å²) in [6, 6.07) is 8.25. The maximum Gasteiger partial charge on any atom is 0.141 e. The van der Waals surface area contributed by atoms with Crippen molar-refractivity contribution in [1.82, 2.24) is 15.1 Å². The lowest BCUT2D eigenvalue weighted by Gasteiger charge is -2.01. The second-order valence-electron chi connectivity index (χ2n) is 5.56. The molecule has 4 nitrogen and oxygen atoms in total. The highest BCUT2D eigenvalue weighted by Gasteiger charge is 2.15. The number of halogens is 1. The van der Waals surface area contributed by atoms with Crippen LogP contribution in [-0.4, -0.2) is 15.1 Å². The number of aromatic amines is 1. The zero-order valence-electron chi connectivity index (χ0n) is 12.5. The molecule has 0 aliphatic rings. The standard InChI is InChI=1S/C17H14ClN3O/c1-8-6-14-16(17(18)19-8)12-7-11(4-5-13(12)20-14)15-9(2)21-22-10(15)3/h4-7,20H,1-3H3. The number of aromatic nitrogens is 3. The minimum absolute atomic E-state index is 0.525. The van der Waals surface area contributed by atoms with Crippen molar-refractivity contribution in [2.45, 2.75) is 20.8 Å². The highest BCUT2D eigenvalue weighted by molar-refractivity contribution is 6.36. The summed E-state index contributed by atoms with van der Waals surface area (Å²) in [6.07, 6.45) is 0. The van der Waals surface area contributed by atoms with Crippen molar-refractivity contribution in [1.29, 1.82) is 0 Å². The molecule has 1 aromatic carbocycles. The molecule has 4 aromatic rings. The first-order chi connectivity index (χ1) is 10.5. The van der Waals surface area contributed by atoms with Crippen LogP contribution in [0.2, 0.25) is 5.15 Å². The summed E-state index contributed by atoms with van der Waals surface area (Å²) in [6.45, 7) is 5.81. The van der Waals surface area contributed by atoms with Crippen LogP contribution in [0.1, 0.15) is 17.1 Å². The largest absolute Gasteiger partial charge is 0.361 e. The molecule has 0 spiro atoms. The Morgan fingerprint density at radius 2 is 1.91 bits per heavy atom. The average Bonchev–Trinajstić information content (AvgIpc) is 2.98. The van der Waals surface area contributed by atoms with Gasteiger partial charge in [-0.15, -0.1) is 0 Å². The Bertz CT molecular complexity index is 1010. The lowest BCUT2D eigenvalue weighted by Crippen LogP contribution is -1.83. The van der Waals surface area contributed by atoms with Crippen molar-refractivity contribution in [3.8, 4) is 11.1 Å². The van der Waals surface area contributed by atoms with Gasteiger partial charge in [0.25, 0.3) is 0 Å². The molecule has 0 saturated heterocycles. The Labute approximate surface area is 132 Å². The number of pyridine rings is 1. The van der Waals surface area contributed by atoms with Gasteiger partial charge in [-0.3, -0.25) is 0 Å². The number of aryl methyl sites for hydroxylation is 3. The van der Waals surface area contributed by atoms with Crippen molar-refractivity contribution in [2.75, 3.05) is 0 Å². The van der Waals surface area contributed by atoms with Gasteiger partial charge in [-0.2, -0.15) is 0 Å². The third kappa shape index (κ3) is 1.84. The second-order valence-corrected chi connectivity index (χ2v) is 5.92. The highest BCUT2D eigenvalue weighted by Crippen LogP contribution is 2.35. The fraction of sp³-hybridized carbons (Fsp3) is 0.176. The summed E-state index contributed by atoms with van der Waals surface area (Å²) in [7, 11) is 0. The molecule has 110 valence electrons. The molecule has 3 aromatic heterocycles. The summed E-state index contributed by atoms with van der Waals surface area (Å²) in [4.78, 5) is 7.76. The van der Waals surface area contributed by atoms with Gasteiger partial charge in [0.15, 0.2) is 0 Å². The molecule has 0 amide bonds. The van der Waals surface area contributed by atoms with Crippen molar-refractivity contribution < 1.29 is 4.52 Å². The quantitative estimate of drug-likeness (QED) is 0.506. The Hall–Kier alpha value is -2.33. The van der Waals surface area contributed by atoms with E-state index in [1.54, 1.807) is 0 Å². The van der Waals surface area contributed by atoms with E-state index in [9.17, 15) is 0 Å². The second kappa shape index (κ2) is 4.58. The molecule has 0 aliphatic carbocycles. The van der Waals surface area contributed by atoms with E-state index in [1.165, 1.54) is 0 Å². The summed E-state index contributed by atoms with van der Waals surface area (Å²) in [5.41, 5.74) is 5.93. The summed E-state index contributed by atoms with van der Waals surface area (Å²) in [5.74, 6) is 0.816. The fourth-order valence-electron chi connectivity index (χ4n) is 3.05. The van der Waals surface area contributed by atoms with Crippen LogP contribution in [0.25, 0.3) is 32.9 Å². The van der Waals surface area contributed by atoms with Gasteiger partial charge < -0.3 is 9.51 Å². The molecule has 0 aliphatic heterocycles. The van der Waals surface area contributed by atoms with Gasteiger partial charge in [0.05, 0.1) is 11.2 Å². The minimum atomic E-state index is 0.525. The van der Waals surface area contributed by atoms with E-state index in [0.717, 1.165) is 50.1 Å². The average molecular weight is 312 g/mol. The number of nitrogens with zero attached hydrogens (tertiary/aromatic N) is 2. The van der Waals surface area contributed by atoms with Crippen molar-refractivity contribution in [3.63, 3.8) is 0 Å². The van der Waals surface area contributed by atoms with Gasteiger partial charge in [0, 0.05) is 27.5 Å². The number of hydrogen-bond acceptors (Lipinski definition) is 3. The zero-order chi connectivity index (χ0) is 15.4. The number of H-pyrrole nitrogens is 1. The van der Waals surface area contributed by atoms with Crippen LogP contribution in [0.15, 0.2) is 28.8 Å². The molecular formula is C17H14ClN3O. The Morgan fingerprint density at radius 1 is 1.09 bits per heavy atom. The predicted molar refractivity (Wildman–Crippen MR) is 88.3 cm³/mol. The lowest BCUT2D eigenvalue weighted by molar-refractivity contribution is 0.393. The highest BCUT2D eigenvalue weighted by atomic mass is 35.5. The first-order valence-corrected chi connectivity index (χ1v) is 7.44. The van der Waals surface area contributed by atoms with Crippen LogP contribution in [0.5, 0.6) is 0 Å². The van der Waals surface area contributed by atoms with Crippen molar-refractivity contribution in [2.24, 2.45) is 0 Å². The normalized spacial score (nSPS) is 11.6. The molecule has 3 heterocycles. The topological polar surface area (TPSA) is 54.7 Å². The van der Waals surface area contributed by atoms with Gasteiger partial charge in [0.1, 0.15) is 10.9 Å². The molecule has 0 radical (unpaired) electrons. The molecule has 5 heteroatoms. The SMILES string of the molecule is Cc1cc2[nH]c3ccc(-c4c(C)noc4C)cc3c2c(Cl)n1. The molecule has 22 heavy (non-hydrogen) atoms. The summed E-state index contributed by atoms with van der Waals surface area (Å²) < 4.78 is 5.27. The monoisotopic (exact) mass is 311 g/mol. The maximum absolute atomic E-state index is 6.36. The molecular weight excluding hydrogens is 298 g/mol. The van der Waals surface area contributed by atoms with E-state index >= 15 is 0 Å². The van der Waals surface area contributed by atoms with Gasteiger partial charge in [-0.1, -0.05) is 22.8 Å². The molecule has 0 atom stereocenters. The van der Waals surface area contributed by atoms with Crippen LogP contribution in [0.3, 0.4) is 0 Å². The van der Waals surface area contributed by atoms with E-state index in [2.05, 4.69) is 33.3 Å². The van der Waals surface area contributed by atoms with E-state index in [4.69, 9.17) is 16.1 Å². The smallest absolute Gasteiger partial charge is 0.141 e. The predicted octanol–water partition coefficient (Wildman–Crippen LogP) is 4.95. The van der Waals surface area contributed by atoms with Gasteiger partial charge >= 0.3 is 0 Å². The van der Waals surface area contributed by atoms with Gasteiger partial charge in [0.2, 0.25) is 0 Å². The van der Waals surface area contributed by atoms with E-state index in [0.29, 0.717) is 5.15 Å². The Balaban J connectivity index is 2.07. The third-order valence-corrected chi connectivity index (χ3v) is 4.26. The third-order valence-electron chi connectivity index (χ3n) is 3.98. The first-order valence-electron chi connectivity index (χ1n) is 7.06. The van der Waals surface area contributed by atoms with Crippen LogP contribution in [0.4, 0.5) is 0 Å². The number of benzene rings is 1. The summed E-state index contributed by atoms with van der Waals surface area (Å²) >= 11 is 6.36. The molecule has 0 unspecified atom stereocenters.